The van der Waals surface area contributed by atoms with Gasteiger partial charge in [-0.15, -0.1) is 0 Å². The van der Waals surface area contributed by atoms with E-state index in [4.69, 9.17) is 5.73 Å². The molecule has 3 N–H and O–H groups in total. The smallest absolute Gasteiger partial charge is 0.341 e. The molecule has 0 unspecified atom stereocenters. The van der Waals surface area contributed by atoms with Crippen LogP contribution in [0.25, 0.3) is 0 Å². The van der Waals surface area contributed by atoms with Crippen molar-refractivity contribution in [3.63, 3.8) is 0 Å². The lowest BCUT2D eigenvalue weighted by Crippen LogP contribution is -2.09. The van der Waals surface area contributed by atoms with E-state index in [0.717, 1.165) is 6.07 Å². The van der Waals surface area contributed by atoms with Crippen LogP contribution >= 0.6 is 0 Å². The number of nitrogens with one attached hydrogen (secondary N) is 1. The number of hydrogen-bond acceptors (Lipinski definition) is 5. The molecule has 0 radical (unpaired) electrons. The Hall–Kier alpha value is -2.70. The largest absolute Gasteiger partial charge is 0.465 e. The Morgan fingerprint density at radius 3 is 2.85 bits per heavy atom. The number of nitrogens with zero attached hydrogens (tertiary/aromatic N) is 1. The normalized spacial score (nSPS) is 10.2. The van der Waals surface area contributed by atoms with E-state index in [1.54, 1.807) is 0 Å². The molecule has 7 heteroatoms. The summed E-state index contributed by atoms with van der Waals surface area (Å²) in [6.07, 6.45) is 1.28. The van der Waals surface area contributed by atoms with Crippen molar-refractivity contribution in [3.8, 4) is 0 Å². The first-order chi connectivity index (χ1) is 9.52. The Morgan fingerprint density at radius 1 is 1.40 bits per heavy atom. The second-order valence-corrected chi connectivity index (χ2v) is 3.88. The molecule has 0 atom stereocenters. The van der Waals surface area contributed by atoms with Crippen molar-refractivity contribution in [2.45, 2.75) is 0 Å². The highest BCUT2D eigenvalue weighted by Gasteiger charge is 2.16. The van der Waals surface area contributed by atoms with Crippen molar-refractivity contribution in [1.82, 2.24) is 4.98 Å². The SMILES string of the molecule is COC(=O)c1cc(N)cnc1Nc1cccc(F)c1F. The molecular formula is C13H11F2N3O2. The molecule has 0 saturated carbocycles. The molecule has 0 fully saturated rings. The Kier molecular flexibility index (Phi) is 3.79. The number of nitrogens with two attached hydrogens (primary N) is 1. The fraction of sp³-hybridized carbons (Fsp3) is 0.0769. The van der Waals surface area contributed by atoms with Gasteiger partial charge in [-0.05, 0) is 18.2 Å². The Labute approximate surface area is 113 Å². The predicted molar refractivity (Wildman–Crippen MR) is 69.6 cm³/mol. The molecule has 2 aromatic rings. The summed E-state index contributed by atoms with van der Waals surface area (Å²) in [5.41, 5.74) is 5.66. The molecule has 0 saturated heterocycles. The first-order valence-corrected chi connectivity index (χ1v) is 5.57. The molecule has 1 aromatic carbocycles. The van der Waals surface area contributed by atoms with E-state index in [1.165, 1.54) is 31.5 Å². The van der Waals surface area contributed by atoms with Crippen LogP contribution in [0, 0.1) is 11.6 Å². The van der Waals surface area contributed by atoms with E-state index in [0.29, 0.717) is 0 Å². The number of pyridine rings is 1. The summed E-state index contributed by atoms with van der Waals surface area (Å²) in [6.45, 7) is 0. The lowest BCUT2D eigenvalue weighted by molar-refractivity contribution is 0.0601. The van der Waals surface area contributed by atoms with Crippen LogP contribution in [0.5, 0.6) is 0 Å². The molecule has 0 bridgehead atoms. The Morgan fingerprint density at radius 2 is 2.15 bits per heavy atom. The number of rotatable bonds is 3. The summed E-state index contributed by atoms with van der Waals surface area (Å²) in [5, 5.41) is 2.54. The van der Waals surface area contributed by atoms with Crippen LogP contribution in [0.1, 0.15) is 10.4 Å². The third kappa shape index (κ3) is 2.66. The molecule has 0 aliphatic heterocycles. The summed E-state index contributed by atoms with van der Waals surface area (Å²) < 4.78 is 31.3. The fourth-order valence-electron chi connectivity index (χ4n) is 1.57. The average Bonchev–Trinajstić information content (AvgIpc) is 2.44. The first kappa shape index (κ1) is 13.7. The van der Waals surface area contributed by atoms with Crippen molar-refractivity contribution in [3.05, 3.63) is 47.7 Å². The Balaban J connectivity index is 2.43. The number of methoxy groups -OCH3 is 1. The van der Waals surface area contributed by atoms with Gasteiger partial charge in [0.1, 0.15) is 11.4 Å². The third-order valence-electron chi connectivity index (χ3n) is 2.52. The van der Waals surface area contributed by atoms with Crippen LogP contribution < -0.4 is 11.1 Å². The fourth-order valence-corrected chi connectivity index (χ4v) is 1.57. The minimum atomic E-state index is -1.07. The van der Waals surface area contributed by atoms with Crippen molar-refractivity contribution in [1.29, 1.82) is 0 Å². The summed E-state index contributed by atoms with van der Waals surface area (Å²) in [6, 6.07) is 4.96. The van der Waals surface area contributed by atoms with E-state index < -0.39 is 17.6 Å². The summed E-state index contributed by atoms with van der Waals surface area (Å²) >= 11 is 0. The number of carbonyl (C=O) groups is 1. The number of nitrogen functional groups attached to an aromatic ring is 1. The number of hydrogen-bond donors (Lipinski definition) is 2. The van der Waals surface area contributed by atoms with Crippen LogP contribution in [0.3, 0.4) is 0 Å². The molecule has 0 aliphatic carbocycles. The maximum absolute atomic E-state index is 13.6. The zero-order valence-corrected chi connectivity index (χ0v) is 10.5. The number of ether oxygens (including phenoxy) is 1. The van der Waals surface area contributed by atoms with E-state index in [2.05, 4.69) is 15.0 Å². The van der Waals surface area contributed by atoms with Crippen LogP contribution in [0.2, 0.25) is 0 Å². The summed E-state index contributed by atoms with van der Waals surface area (Å²) in [5.74, 6) is -2.74. The van der Waals surface area contributed by atoms with E-state index >= 15 is 0 Å². The third-order valence-corrected chi connectivity index (χ3v) is 2.52. The van der Waals surface area contributed by atoms with Crippen molar-refractivity contribution in [2.24, 2.45) is 0 Å². The van der Waals surface area contributed by atoms with Gasteiger partial charge in [0.2, 0.25) is 0 Å². The molecule has 1 aromatic heterocycles. The van der Waals surface area contributed by atoms with E-state index in [9.17, 15) is 13.6 Å². The maximum Gasteiger partial charge on any atom is 0.341 e. The predicted octanol–water partition coefficient (Wildman–Crippen LogP) is 2.47. The van der Waals surface area contributed by atoms with Gasteiger partial charge in [0.15, 0.2) is 11.6 Å². The molecule has 1 heterocycles. The molecule has 104 valence electrons. The average molecular weight is 279 g/mol. The van der Waals surface area contributed by atoms with Gasteiger partial charge in [-0.25, -0.2) is 18.6 Å². The molecule has 0 amide bonds. The van der Waals surface area contributed by atoms with Crippen LogP contribution in [0.4, 0.5) is 26.0 Å². The number of aromatic nitrogens is 1. The highest BCUT2D eigenvalue weighted by atomic mass is 19.2. The monoisotopic (exact) mass is 279 g/mol. The van der Waals surface area contributed by atoms with Crippen LogP contribution in [-0.4, -0.2) is 18.1 Å². The summed E-state index contributed by atoms with van der Waals surface area (Å²) in [7, 11) is 1.19. The Bertz CT molecular complexity index is 662. The molecule has 20 heavy (non-hydrogen) atoms. The van der Waals surface area contributed by atoms with Gasteiger partial charge in [0, 0.05) is 0 Å². The number of benzene rings is 1. The van der Waals surface area contributed by atoms with Gasteiger partial charge in [-0.1, -0.05) is 6.07 Å². The minimum absolute atomic E-state index is 0.0237. The number of esters is 1. The zero-order chi connectivity index (χ0) is 14.7. The standard InChI is InChI=1S/C13H11F2N3O2/c1-20-13(19)8-5-7(16)6-17-12(8)18-10-4-2-3-9(14)11(10)15/h2-6H,16H2,1H3,(H,17,18). The van der Waals surface area contributed by atoms with Gasteiger partial charge in [0.05, 0.1) is 24.7 Å². The van der Waals surface area contributed by atoms with E-state index in [-0.39, 0.29) is 22.8 Å². The van der Waals surface area contributed by atoms with Gasteiger partial charge >= 0.3 is 5.97 Å². The first-order valence-electron chi connectivity index (χ1n) is 5.57. The maximum atomic E-state index is 13.6. The molecule has 2 rings (SSSR count). The summed E-state index contributed by atoms with van der Waals surface area (Å²) in [4.78, 5) is 15.5. The van der Waals surface area contributed by atoms with Gasteiger partial charge < -0.3 is 15.8 Å². The highest BCUT2D eigenvalue weighted by molar-refractivity contribution is 5.96. The molecule has 0 aliphatic rings. The topological polar surface area (TPSA) is 77.2 Å². The van der Waals surface area contributed by atoms with Gasteiger partial charge in [0.25, 0.3) is 0 Å². The lowest BCUT2D eigenvalue weighted by Gasteiger charge is -2.11. The highest BCUT2D eigenvalue weighted by Crippen LogP contribution is 2.24. The number of halogens is 2. The van der Waals surface area contributed by atoms with Crippen LogP contribution in [-0.2, 0) is 4.74 Å². The zero-order valence-electron chi connectivity index (χ0n) is 10.5. The number of anilines is 3. The van der Waals surface area contributed by atoms with E-state index in [1.807, 2.05) is 0 Å². The van der Waals surface area contributed by atoms with Crippen LogP contribution in [0.15, 0.2) is 30.5 Å². The molecular weight excluding hydrogens is 268 g/mol. The quantitative estimate of drug-likeness (QED) is 0.844. The second-order valence-electron chi connectivity index (χ2n) is 3.88. The number of carbonyl (C=O) groups excluding carboxylic acids is 1. The second kappa shape index (κ2) is 5.52. The molecule has 0 spiro atoms. The van der Waals surface area contributed by atoms with Crippen molar-refractivity contribution >= 4 is 23.2 Å². The lowest BCUT2D eigenvalue weighted by atomic mass is 10.2. The van der Waals surface area contributed by atoms with Gasteiger partial charge in [-0.2, -0.15) is 0 Å². The van der Waals surface area contributed by atoms with Crippen molar-refractivity contribution < 1.29 is 18.3 Å². The minimum Gasteiger partial charge on any atom is -0.465 e. The molecule has 5 nitrogen and oxygen atoms in total. The van der Waals surface area contributed by atoms with Gasteiger partial charge in [-0.3, -0.25) is 0 Å². The van der Waals surface area contributed by atoms with Crippen molar-refractivity contribution in [2.75, 3.05) is 18.2 Å².